The summed E-state index contributed by atoms with van der Waals surface area (Å²) in [5, 5.41) is 15.6. The third-order valence-corrected chi connectivity index (χ3v) is 4.04. The summed E-state index contributed by atoms with van der Waals surface area (Å²) in [6.07, 6.45) is 2.09. The number of carbonyl (C=O) groups excluding carboxylic acids is 1. The normalized spacial score (nSPS) is 20.6. The number of amides is 1. The topological polar surface area (TPSA) is 87.4 Å². The molecule has 1 fully saturated rings. The van der Waals surface area contributed by atoms with E-state index >= 15 is 0 Å². The number of aryl methyl sites for hydroxylation is 1. The summed E-state index contributed by atoms with van der Waals surface area (Å²) in [5.74, 6) is 1.30. The molecule has 1 saturated heterocycles. The molecule has 3 N–H and O–H groups in total. The second-order valence-electron chi connectivity index (χ2n) is 5.77. The van der Waals surface area contributed by atoms with Crippen LogP contribution in [-0.4, -0.2) is 41.7 Å². The number of benzene rings is 1. The highest BCUT2D eigenvalue weighted by Crippen LogP contribution is 2.20. The van der Waals surface area contributed by atoms with Crippen LogP contribution in [0, 0.1) is 5.92 Å². The molecule has 1 aromatic heterocycles. The molecule has 0 radical (unpaired) electrons. The summed E-state index contributed by atoms with van der Waals surface area (Å²) in [5.41, 5.74) is 0.971. The smallest absolute Gasteiger partial charge is 0.220 e. The molecule has 6 nitrogen and oxygen atoms in total. The molecular weight excluding hydrogens is 294 g/mol. The highest BCUT2D eigenvalue weighted by atomic mass is 16.4. The van der Waals surface area contributed by atoms with E-state index in [1.165, 1.54) is 0 Å². The molecule has 0 aliphatic carbocycles. The molecule has 0 bridgehead atoms. The fraction of sp³-hybridized carbons (Fsp3) is 0.412. The molecule has 1 aliphatic heterocycles. The fourth-order valence-electron chi connectivity index (χ4n) is 2.64. The average Bonchev–Trinajstić information content (AvgIpc) is 3.21. The van der Waals surface area contributed by atoms with E-state index in [9.17, 15) is 9.90 Å². The van der Waals surface area contributed by atoms with Gasteiger partial charge in [0.05, 0.1) is 12.3 Å². The molecule has 0 spiro atoms. The van der Waals surface area contributed by atoms with Gasteiger partial charge in [0.15, 0.2) is 11.7 Å². The molecule has 2 atom stereocenters. The zero-order valence-electron chi connectivity index (χ0n) is 12.9. The van der Waals surface area contributed by atoms with Crippen molar-refractivity contribution in [2.24, 2.45) is 5.92 Å². The number of rotatable bonds is 6. The van der Waals surface area contributed by atoms with E-state index in [0.717, 1.165) is 12.1 Å². The maximum Gasteiger partial charge on any atom is 0.220 e. The highest BCUT2D eigenvalue weighted by Gasteiger charge is 2.24. The summed E-state index contributed by atoms with van der Waals surface area (Å²) >= 11 is 0. The Kier molecular flexibility index (Phi) is 5.05. The molecular formula is C17H21N3O3. The second-order valence-corrected chi connectivity index (χ2v) is 5.77. The fourth-order valence-corrected chi connectivity index (χ4v) is 2.64. The van der Waals surface area contributed by atoms with Crippen molar-refractivity contribution in [1.29, 1.82) is 0 Å². The van der Waals surface area contributed by atoms with Gasteiger partial charge in [0.2, 0.25) is 5.91 Å². The number of nitrogens with one attached hydrogen (secondary N) is 2. The SMILES string of the molecule is O=C(CCc1ncc(-c2ccccc2)o1)NCC1CNCC1O. The minimum Gasteiger partial charge on any atom is -0.441 e. The van der Waals surface area contributed by atoms with Crippen LogP contribution in [0.3, 0.4) is 0 Å². The van der Waals surface area contributed by atoms with Crippen molar-refractivity contribution < 1.29 is 14.3 Å². The first-order chi connectivity index (χ1) is 11.2. The zero-order chi connectivity index (χ0) is 16.1. The van der Waals surface area contributed by atoms with Crippen molar-refractivity contribution >= 4 is 5.91 Å². The third-order valence-electron chi connectivity index (χ3n) is 4.04. The van der Waals surface area contributed by atoms with Gasteiger partial charge in [0.25, 0.3) is 0 Å². The van der Waals surface area contributed by atoms with Crippen molar-refractivity contribution in [1.82, 2.24) is 15.6 Å². The highest BCUT2D eigenvalue weighted by molar-refractivity contribution is 5.76. The lowest BCUT2D eigenvalue weighted by molar-refractivity contribution is -0.121. The van der Waals surface area contributed by atoms with Crippen molar-refractivity contribution in [3.8, 4) is 11.3 Å². The average molecular weight is 315 g/mol. The van der Waals surface area contributed by atoms with Gasteiger partial charge in [-0.25, -0.2) is 4.98 Å². The van der Waals surface area contributed by atoms with Crippen molar-refractivity contribution in [2.45, 2.75) is 18.9 Å². The first-order valence-corrected chi connectivity index (χ1v) is 7.88. The van der Waals surface area contributed by atoms with Crippen LogP contribution in [-0.2, 0) is 11.2 Å². The van der Waals surface area contributed by atoms with Crippen LogP contribution in [0.4, 0.5) is 0 Å². The Balaban J connectivity index is 1.45. The number of aliphatic hydroxyl groups is 1. The summed E-state index contributed by atoms with van der Waals surface area (Å²) in [6.45, 7) is 1.83. The molecule has 1 amide bonds. The van der Waals surface area contributed by atoms with Crippen LogP contribution in [0.5, 0.6) is 0 Å². The van der Waals surface area contributed by atoms with Gasteiger partial charge in [-0.2, -0.15) is 0 Å². The summed E-state index contributed by atoms with van der Waals surface area (Å²) in [4.78, 5) is 16.1. The predicted molar refractivity (Wildman–Crippen MR) is 85.6 cm³/mol. The Labute approximate surface area is 134 Å². The van der Waals surface area contributed by atoms with Gasteiger partial charge < -0.3 is 20.2 Å². The summed E-state index contributed by atoms with van der Waals surface area (Å²) in [7, 11) is 0. The van der Waals surface area contributed by atoms with Gasteiger partial charge in [-0.1, -0.05) is 30.3 Å². The minimum absolute atomic E-state index is 0.0523. The summed E-state index contributed by atoms with van der Waals surface area (Å²) in [6, 6.07) is 9.74. The van der Waals surface area contributed by atoms with E-state index in [2.05, 4.69) is 15.6 Å². The van der Waals surface area contributed by atoms with Crippen LogP contribution in [0.15, 0.2) is 40.9 Å². The van der Waals surface area contributed by atoms with E-state index in [1.54, 1.807) is 6.20 Å². The lowest BCUT2D eigenvalue weighted by Crippen LogP contribution is -2.34. The molecule has 1 aromatic carbocycles. The van der Waals surface area contributed by atoms with Gasteiger partial charge in [-0.05, 0) is 0 Å². The Morgan fingerprint density at radius 3 is 2.91 bits per heavy atom. The molecule has 6 heteroatoms. The first-order valence-electron chi connectivity index (χ1n) is 7.88. The van der Waals surface area contributed by atoms with Gasteiger partial charge in [-0.15, -0.1) is 0 Å². The lowest BCUT2D eigenvalue weighted by Gasteiger charge is -2.13. The van der Waals surface area contributed by atoms with E-state index in [1.807, 2.05) is 30.3 Å². The van der Waals surface area contributed by atoms with Crippen molar-refractivity contribution in [3.05, 3.63) is 42.4 Å². The summed E-state index contributed by atoms with van der Waals surface area (Å²) < 4.78 is 5.67. The molecule has 3 rings (SSSR count). The monoisotopic (exact) mass is 315 g/mol. The Morgan fingerprint density at radius 1 is 1.35 bits per heavy atom. The van der Waals surface area contributed by atoms with Crippen molar-refractivity contribution in [2.75, 3.05) is 19.6 Å². The number of carbonyl (C=O) groups is 1. The Morgan fingerprint density at radius 2 is 2.17 bits per heavy atom. The number of nitrogens with zero attached hydrogens (tertiary/aromatic N) is 1. The number of aliphatic hydroxyl groups excluding tert-OH is 1. The van der Waals surface area contributed by atoms with Crippen molar-refractivity contribution in [3.63, 3.8) is 0 Å². The van der Waals surface area contributed by atoms with E-state index in [4.69, 9.17) is 4.42 Å². The third kappa shape index (κ3) is 4.18. The van der Waals surface area contributed by atoms with Gasteiger partial charge in [-0.3, -0.25) is 4.79 Å². The number of hydrogen-bond donors (Lipinski definition) is 3. The molecule has 2 unspecified atom stereocenters. The van der Waals surface area contributed by atoms with Gasteiger partial charge >= 0.3 is 0 Å². The lowest BCUT2D eigenvalue weighted by atomic mass is 10.1. The first kappa shape index (κ1) is 15.7. The van der Waals surface area contributed by atoms with E-state index in [0.29, 0.717) is 37.6 Å². The maximum atomic E-state index is 11.9. The molecule has 2 aromatic rings. The zero-order valence-corrected chi connectivity index (χ0v) is 12.9. The van der Waals surface area contributed by atoms with E-state index < -0.39 is 0 Å². The Hall–Kier alpha value is -2.18. The molecule has 0 saturated carbocycles. The number of hydrogen-bond acceptors (Lipinski definition) is 5. The van der Waals surface area contributed by atoms with Gasteiger partial charge in [0.1, 0.15) is 0 Å². The Bertz CT molecular complexity index is 642. The number of oxazole rings is 1. The van der Waals surface area contributed by atoms with Crippen LogP contribution in [0.25, 0.3) is 11.3 Å². The molecule has 1 aliphatic rings. The second kappa shape index (κ2) is 7.39. The maximum absolute atomic E-state index is 11.9. The molecule has 2 heterocycles. The quantitative estimate of drug-likeness (QED) is 0.739. The number of aromatic nitrogens is 1. The van der Waals surface area contributed by atoms with Crippen LogP contribution < -0.4 is 10.6 Å². The molecule has 23 heavy (non-hydrogen) atoms. The predicted octanol–water partition coefficient (Wildman–Crippen LogP) is 0.971. The largest absolute Gasteiger partial charge is 0.441 e. The van der Waals surface area contributed by atoms with Crippen LogP contribution in [0.2, 0.25) is 0 Å². The minimum atomic E-state index is -0.379. The van der Waals surface area contributed by atoms with Crippen LogP contribution >= 0.6 is 0 Å². The standard InChI is InChI=1S/C17H21N3O3/c21-14-10-18-8-13(14)9-19-16(22)6-7-17-20-11-15(23-17)12-4-2-1-3-5-12/h1-5,11,13-14,18,21H,6-10H2,(H,19,22). The van der Waals surface area contributed by atoms with Gasteiger partial charge in [0, 0.05) is 44.0 Å². The molecule has 122 valence electrons. The van der Waals surface area contributed by atoms with Crippen LogP contribution in [0.1, 0.15) is 12.3 Å². The van der Waals surface area contributed by atoms with E-state index in [-0.39, 0.29) is 17.9 Å². The number of β-amino-alcohol motifs (C(OH)–C–C–N with tert-alkyl or cyclic N) is 1.